The Labute approximate surface area is 104 Å². The molecule has 0 heterocycles. The van der Waals surface area contributed by atoms with Gasteiger partial charge in [-0.3, -0.25) is 0 Å². The molecule has 17 heavy (non-hydrogen) atoms. The van der Waals surface area contributed by atoms with Gasteiger partial charge in [0.25, 0.3) is 0 Å². The van der Waals surface area contributed by atoms with Crippen molar-refractivity contribution >= 4 is 9.84 Å². The first kappa shape index (κ1) is 14.2. The van der Waals surface area contributed by atoms with Crippen LogP contribution in [0, 0.1) is 5.41 Å². The van der Waals surface area contributed by atoms with E-state index in [0.717, 1.165) is 0 Å². The Morgan fingerprint density at radius 1 is 1.18 bits per heavy atom. The van der Waals surface area contributed by atoms with Gasteiger partial charge in [-0.15, -0.1) is 0 Å². The number of rotatable bonds is 4. The van der Waals surface area contributed by atoms with Gasteiger partial charge in [-0.05, 0) is 24.6 Å². The molecule has 0 aliphatic carbocycles. The van der Waals surface area contributed by atoms with Crippen molar-refractivity contribution in [3.05, 3.63) is 30.3 Å². The summed E-state index contributed by atoms with van der Waals surface area (Å²) in [5.41, 5.74) is -0.0867. The Morgan fingerprint density at radius 2 is 1.71 bits per heavy atom. The van der Waals surface area contributed by atoms with Crippen LogP contribution in [-0.2, 0) is 9.84 Å². The third-order valence-corrected chi connectivity index (χ3v) is 4.64. The Kier molecular flexibility index (Phi) is 4.33. The lowest BCUT2D eigenvalue weighted by Gasteiger charge is -2.30. The first-order valence-corrected chi connectivity index (χ1v) is 7.37. The number of benzene rings is 1. The molecule has 0 fully saturated rings. The minimum absolute atomic E-state index is 0.0623. The van der Waals surface area contributed by atoms with Crippen LogP contribution >= 0.6 is 0 Å². The van der Waals surface area contributed by atoms with E-state index in [1.54, 1.807) is 31.3 Å². The van der Waals surface area contributed by atoms with Crippen LogP contribution in [0.15, 0.2) is 35.2 Å². The molecule has 0 radical (unpaired) electrons. The molecular weight excluding hydrogens is 234 g/mol. The van der Waals surface area contributed by atoms with E-state index in [0.29, 0.717) is 4.90 Å². The molecule has 96 valence electrons. The van der Waals surface area contributed by atoms with Crippen LogP contribution in [0.2, 0.25) is 0 Å². The quantitative estimate of drug-likeness (QED) is 0.896. The summed E-state index contributed by atoms with van der Waals surface area (Å²) in [6, 6.07) is 8.54. The molecular formula is C13H21NO2S. The third kappa shape index (κ3) is 3.82. The molecule has 3 nitrogen and oxygen atoms in total. The molecule has 0 aromatic heterocycles. The van der Waals surface area contributed by atoms with Crippen molar-refractivity contribution in [2.45, 2.75) is 31.7 Å². The molecule has 0 aliphatic rings. The molecule has 1 atom stereocenters. The molecule has 0 spiro atoms. The second kappa shape index (κ2) is 5.19. The van der Waals surface area contributed by atoms with E-state index >= 15 is 0 Å². The zero-order valence-electron chi connectivity index (χ0n) is 10.9. The highest BCUT2D eigenvalue weighted by atomic mass is 32.2. The SMILES string of the molecule is CNC(CS(=O)(=O)c1ccccc1)C(C)(C)C. The Morgan fingerprint density at radius 3 is 2.12 bits per heavy atom. The maximum atomic E-state index is 12.2. The summed E-state index contributed by atoms with van der Waals surface area (Å²) in [6.45, 7) is 6.11. The number of sulfone groups is 1. The van der Waals surface area contributed by atoms with Gasteiger partial charge in [-0.25, -0.2) is 8.42 Å². The van der Waals surface area contributed by atoms with Crippen LogP contribution in [0.5, 0.6) is 0 Å². The number of hydrogen-bond donors (Lipinski definition) is 1. The van der Waals surface area contributed by atoms with Crippen molar-refractivity contribution in [2.75, 3.05) is 12.8 Å². The molecule has 1 N–H and O–H groups in total. The normalized spacial score (nSPS) is 14.6. The second-order valence-corrected chi connectivity index (χ2v) is 7.34. The van der Waals surface area contributed by atoms with Crippen LogP contribution in [0.4, 0.5) is 0 Å². The molecule has 0 bridgehead atoms. The summed E-state index contributed by atoms with van der Waals surface area (Å²) in [7, 11) is -1.42. The first-order chi connectivity index (χ1) is 7.77. The summed E-state index contributed by atoms with van der Waals surface area (Å²) in [5.74, 6) is 0.122. The van der Waals surface area contributed by atoms with E-state index in [4.69, 9.17) is 0 Å². The molecule has 0 saturated heterocycles. The zero-order valence-corrected chi connectivity index (χ0v) is 11.7. The van der Waals surface area contributed by atoms with Crippen molar-refractivity contribution in [3.8, 4) is 0 Å². The van der Waals surface area contributed by atoms with Crippen LogP contribution in [0.3, 0.4) is 0 Å². The topological polar surface area (TPSA) is 46.2 Å². The summed E-state index contributed by atoms with van der Waals surface area (Å²) >= 11 is 0. The van der Waals surface area contributed by atoms with Gasteiger partial charge in [-0.1, -0.05) is 39.0 Å². The predicted octanol–water partition coefficient (Wildman–Crippen LogP) is 2.09. The minimum Gasteiger partial charge on any atom is -0.315 e. The van der Waals surface area contributed by atoms with E-state index in [1.165, 1.54) is 0 Å². The lowest BCUT2D eigenvalue weighted by Crippen LogP contribution is -2.43. The summed E-state index contributed by atoms with van der Waals surface area (Å²) in [4.78, 5) is 0.393. The average Bonchev–Trinajstić information content (AvgIpc) is 2.25. The molecule has 0 amide bonds. The van der Waals surface area contributed by atoms with Crippen LogP contribution in [0.1, 0.15) is 20.8 Å². The van der Waals surface area contributed by atoms with Gasteiger partial charge in [0.1, 0.15) is 0 Å². The summed E-state index contributed by atoms with van der Waals surface area (Å²) < 4.78 is 24.4. The smallest absolute Gasteiger partial charge is 0.179 e. The van der Waals surface area contributed by atoms with Gasteiger partial charge in [-0.2, -0.15) is 0 Å². The Hall–Kier alpha value is -0.870. The highest BCUT2D eigenvalue weighted by molar-refractivity contribution is 7.91. The largest absolute Gasteiger partial charge is 0.315 e. The van der Waals surface area contributed by atoms with Crippen molar-refractivity contribution in [3.63, 3.8) is 0 Å². The average molecular weight is 255 g/mol. The van der Waals surface area contributed by atoms with Crippen LogP contribution < -0.4 is 5.32 Å². The van der Waals surface area contributed by atoms with Crippen molar-refractivity contribution in [2.24, 2.45) is 5.41 Å². The molecule has 0 saturated carbocycles. The van der Waals surface area contributed by atoms with Gasteiger partial charge < -0.3 is 5.32 Å². The van der Waals surface area contributed by atoms with E-state index in [9.17, 15) is 8.42 Å². The fraction of sp³-hybridized carbons (Fsp3) is 0.538. The molecule has 1 aromatic rings. The monoisotopic (exact) mass is 255 g/mol. The highest BCUT2D eigenvalue weighted by Gasteiger charge is 2.29. The molecule has 1 unspecified atom stereocenters. The molecule has 1 aromatic carbocycles. The Bertz CT molecular complexity index is 446. The van der Waals surface area contributed by atoms with E-state index in [1.807, 2.05) is 26.8 Å². The van der Waals surface area contributed by atoms with Crippen molar-refractivity contribution in [1.29, 1.82) is 0 Å². The predicted molar refractivity (Wildman–Crippen MR) is 70.8 cm³/mol. The molecule has 0 aliphatic heterocycles. The second-order valence-electron chi connectivity index (χ2n) is 5.30. The van der Waals surface area contributed by atoms with Gasteiger partial charge in [0.05, 0.1) is 10.6 Å². The van der Waals surface area contributed by atoms with Gasteiger partial charge in [0, 0.05) is 6.04 Å². The van der Waals surface area contributed by atoms with E-state index in [-0.39, 0.29) is 17.2 Å². The van der Waals surface area contributed by atoms with Gasteiger partial charge in [0.15, 0.2) is 9.84 Å². The summed E-state index contributed by atoms with van der Waals surface area (Å²) in [6.07, 6.45) is 0. The number of hydrogen-bond acceptors (Lipinski definition) is 3. The number of nitrogens with one attached hydrogen (secondary N) is 1. The molecule has 4 heteroatoms. The third-order valence-electron chi connectivity index (χ3n) is 2.88. The lowest BCUT2D eigenvalue weighted by atomic mass is 9.88. The molecule has 1 rings (SSSR count). The van der Waals surface area contributed by atoms with Gasteiger partial charge >= 0.3 is 0 Å². The fourth-order valence-corrected chi connectivity index (χ4v) is 3.58. The fourth-order valence-electron chi connectivity index (χ4n) is 1.71. The Balaban J connectivity index is 2.95. The first-order valence-electron chi connectivity index (χ1n) is 5.72. The van der Waals surface area contributed by atoms with E-state index in [2.05, 4.69) is 5.32 Å². The van der Waals surface area contributed by atoms with E-state index < -0.39 is 9.84 Å². The van der Waals surface area contributed by atoms with Crippen molar-refractivity contribution in [1.82, 2.24) is 5.32 Å². The van der Waals surface area contributed by atoms with Crippen molar-refractivity contribution < 1.29 is 8.42 Å². The lowest BCUT2D eigenvalue weighted by molar-refractivity contribution is 0.302. The maximum absolute atomic E-state index is 12.2. The summed E-state index contributed by atoms with van der Waals surface area (Å²) in [5, 5.41) is 3.09. The minimum atomic E-state index is -3.22. The highest BCUT2D eigenvalue weighted by Crippen LogP contribution is 2.22. The van der Waals surface area contributed by atoms with Crippen LogP contribution in [-0.4, -0.2) is 27.3 Å². The van der Waals surface area contributed by atoms with Gasteiger partial charge in [0.2, 0.25) is 0 Å². The maximum Gasteiger partial charge on any atom is 0.179 e. The standard InChI is InChI=1S/C13H21NO2S/c1-13(2,3)12(14-4)10-17(15,16)11-8-6-5-7-9-11/h5-9,12,14H,10H2,1-4H3. The van der Waals surface area contributed by atoms with Crippen LogP contribution in [0.25, 0.3) is 0 Å². The zero-order chi connectivity index (χ0) is 13.1.